The highest BCUT2D eigenvalue weighted by molar-refractivity contribution is 7.99. The van der Waals surface area contributed by atoms with Crippen molar-refractivity contribution in [3.63, 3.8) is 0 Å². The molecule has 0 aliphatic heterocycles. The maximum atomic E-state index is 5.75. The number of nitrogens with two attached hydrogens (primary N) is 1. The van der Waals surface area contributed by atoms with Crippen LogP contribution in [0.5, 0.6) is 0 Å². The average molecular weight is 299 g/mol. The molecule has 0 unspecified atom stereocenters. The number of hydrogen-bond acceptors (Lipinski definition) is 7. The number of nitrogens with zero attached hydrogens (tertiary/aromatic N) is 6. The van der Waals surface area contributed by atoms with E-state index in [2.05, 4.69) is 24.9 Å². The monoisotopic (exact) mass is 299 g/mol. The van der Waals surface area contributed by atoms with E-state index in [1.54, 1.807) is 23.3 Å². The standard InChI is InChI=1S/C13H13N7S/c1-8-5-9(2)16-10(6-8)21-13-18-11(14)17-12(19-13)20-4-3-15-7-20/h3-7H,1-2H3,(H2,14,17,18,19). The molecule has 0 amide bonds. The minimum Gasteiger partial charge on any atom is -0.368 e. The van der Waals surface area contributed by atoms with E-state index < -0.39 is 0 Å². The van der Waals surface area contributed by atoms with Gasteiger partial charge in [-0.3, -0.25) is 4.57 Å². The van der Waals surface area contributed by atoms with E-state index in [0.29, 0.717) is 11.1 Å². The van der Waals surface area contributed by atoms with Gasteiger partial charge in [-0.05, 0) is 43.3 Å². The molecule has 3 rings (SSSR count). The Hall–Kier alpha value is -2.48. The molecule has 0 aliphatic rings. The molecule has 0 aliphatic carbocycles. The summed E-state index contributed by atoms with van der Waals surface area (Å²) >= 11 is 1.35. The lowest BCUT2D eigenvalue weighted by molar-refractivity contribution is 0.830. The summed E-state index contributed by atoms with van der Waals surface area (Å²) in [7, 11) is 0. The van der Waals surface area contributed by atoms with Crippen molar-refractivity contribution in [2.45, 2.75) is 24.0 Å². The third kappa shape index (κ3) is 3.16. The molecule has 8 heteroatoms. The minimum absolute atomic E-state index is 0.167. The molecule has 3 heterocycles. The first-order valence-electron chi connectivity index (χ1n) is 6.23. The Balaban J connectivity index is 1.95. The van der Waals surface area contributed by atoms with Gasteiger partial charge in [-0.25, -0.2) is 9.97 Å². The van der Waals surface area contributed by atoms with Gasteiger partial charge in [0.2, 0.25) is 17.1 Å². The van der Waals surface area contributed by atoms with Crippen LogP contribution < -0.4 is 5.73 Å². The van der Waals surface area contributed by atoms with Crippen LogP contribution in [-0.4, -0.2) is 29.5 Å². The molecule has 106 valence electrons. The van der Waals surface area contributed by atoms with Crippen LogP contribution in [-0.2, 0) is 0 Å². The van der Waals surface area contributed by atoms with E-state index in [4.69, 9.17) is 5.73 Å². The number of anilines is 1. The maximum absolute atomic E-state index is 5.75. The minimum atomic E-state index is 0.167. The number of pyridine rings is 1. The van der Waals surface area contributed by atoms with Crippen LogP contribution >= 0.6 is 11.8 Å². The first kappa shape index (κ1) is 13.5. The summed E-state index contributed by atoms with van der Waals surface area (Å²) in [5.41, 5.74) is 7.84. The maximum Gasteiger partial charge on any atom is 0.240 e. The fourth-order valence-electron chi connectivity index (χ4n) is 1.85. The highest BCUT2D eigenvalue weighted by atomic mass is 32.2. The topological polar surface area (TPSA) is 95.4 Å². The van der Waals surface area contributed by atoms with Gasteiger partial charge in [0.1, 0.15) is 11.4 Å². The van der Waals surface area contributed by atoms with Gasteiger partial charge in [-0.1, -0.05) is 0 Å². The summed E-state index contributed by atoms with van der Waals surface area (Å²) in [6, 6.07) is 4.00. The van der Waals surface area contributed by atoms with E-state index >= 15 is 0 Å². The van der Waals surface area contributed by atoms with E-state index in [0.717, 1.165) is 16.3 Å². The molecule has 0 saturated heterocycles. The van der Waals surface area contributed by atoms with Gasteiger partial charge in [0.05, 0.1) is 0 Å². The lowest BCUT2D eigenvalue weighted by Gasteiger charge is -2.05. The second-order valence-electron chi connectivity index (χ2n) is 4.47. The zero-order valence-electron chi connectivity index (χ0n) is 11.6. The molecule has 0 fully saturated rings. The SMILES string of the molecule is Cc1cc(C)nc(Sc2nc(N)nc(-n3ccnc3)n2)c1. The molecule has 0 atom stereocenters. The van der Waals surface area contributed by atoms with Crippen LogP contribution in [0.4, 0.5) is 5.95 Å². The van der Waals surface area contributed by atoms with Gasteiger partial charge in [-0.2, -0.15) is 15.0 Å². The zero-order chi connectivity index (χ0) is 14.8. The Morgan fingerprint density at radius 3 is 2.67 bits per heavy atom. The van der Waals surface area contributed by atoms with Crippen LogP contribution in [0, 0.1) is 13.8 Å². The van der Waals surface area contributed by atoms with Crippen LogP contribution in [0.2, 0.25) is 0 Å². The second-order valence-corrected chi connectivity index (χ2v) is 5.46. The van der Waals surface area contributed by atoms with Crippen molar-refractivity contribution in [1.82, 2.24) is 29.5 Å². The third-order valence-electron chi connectivity index (χ3n) is 2.63. The van der Waals surface area contributed by atoms with Crippen LogP contribution in [0.1, 0.15) is 11.3 Å². The molecule has 0 aromatic carbocycles. The van der Waals surface area contributed by atoms with Gasteiger partial charge in [0.25, 0.3) is 0 Å². The fourth-order valence-corrected chi connectivity index (χ4v) is 2.74. The number of aromatic nitrogens is 6. The Labute approximate surface area is 125 Å². The Morgan fingerprint density at radius 1 is 1.10 bits per heavy atom. The van der Waals surface area contributed by atoms with Crippen molar-refractivity contribution in [3.05, 3.63) is 42.1 Å². The lowest BCUT2D eigenvalue weighted by Crippen LogP contribution is -2.06. The molecule has 21 heavy (non-hydrogen) atoms. The third-order valence-corrected chi connectivity index (χ3v) is 3.41. The molecule has 3 aromatic heterocycles. The smallest absolute Gasteiger partial charge is 0.240 e. The van der Waals surface area contributed by atoms with Gasteiger partial charge >= 0.3 is 0 Å². The summed E-state index contributed by atoms with van der Waals surface area (Å²) < 4.78 is 1.68. The summed E-state index contributed by atoms with van der Waals surface area (Å²) in [4.78, 5) is 21.0. The predicted molar refractivity (Wildman–Crippen MR) is 79.2 cm³/mol. The molecule has 0 bridgehead atoms. The van der Waals surface area contributed by atoms with Crippen molar-refractivity contribution in [2.75, 3.05) is 5.73 Å². The Morgan fingerprint density at radius 2 is 1.95 bits per heavy atom. The Kier molecular flexibility index (Phi) is 3.53. The second kappa shape index (κ2) is 5.49. The van der Waals surface area contributed by atoms with Crippen LogP contribution in [0.15, 0.2) is 41.0 Å². The largest absolute Gasteiger partial charge is 0.368 e. The average Bonchev–Trinajstić information content (AvgIpc) is 2.90. The van der Waals surface area contributed by atoms with Crippen molar-refractivity contribution in [2.24, 2.45) is 0 Å². The normalized spacial score (nSPS) is 10.8. The van der Waals surface area contributed by atoms with E-state index in [1.165, 1.54) is 11.8 Å². The summed E-state index contributed by atoms with van der Waals surface area (Å²) in [6.07, 6.45) is 5.01. The van der Waals surface area contributed by atoms with Crippen molar-refractivity contribution in [3.8, 4) is 5.95 Å². The molecular weight excluding hydrogens is 286 g/mol. The van der Waals surface area contributed by atoms with Gasteiger partial charge in [0.15, 0.2) is 0 Å². The van der Waals surface area contributed by atoms with E-state index in [9.17, 15) is 0 Å². The van der Waals surface area contributed by atoms with E-state index in [-0.39, 0.29) is 5.95 Å². The number of nitrogen functional groups attached to an aromatic ring is 1. The molecule has 0 radical (unpaired) electrons. The molecule has 0 spiro atoms. The molecule has 0 saturated carbocycles. The fraction of sp³-hybridized carbons (Fsp3) is 0.154. The van der Waals surface area contributed by atoms with Gasteiger partial charge < -0.3 is 5.73 Å². The molecular formula is C13H13N7S. The molecule has 7 nitrogen and oxygen atoms in total. The van der Waals surface area contributed by atoms with Crippen LogP contribution in [0.3, 0.4) is 0 Å². The first-order chi connectivity index (χ1) is 10.1. The Bertz CT molecular complexity index is 750. The summed E-state index contributed by atoms with van der Waals surface area (Å²) in [6.45, 7) is 3.98. The first-order valence-corrected chi connectivity index (χ1v) is 7.05. The number of aryl methyl sites for hydroxylation is 2. The van der Waals surface area contributed by atoms with Crippen LogP contribution in [0.25, 0.3) is 5.95 Å². The highest BCUT2D eigenvalue weighted by Crippen LogP contribution is 2.24. The summed E-state index contributed by atoms with van der Waals surface area (Å²) in [5.74, 6) is 0.604. The number of rotatable bonds is 3. The number of hydrogen-bond donors (Lipinski definition) is 1. The van der Waals surface area contributed by atoms with E-state index in [1.807, 2.05) is 26.0 Å². The lowest BCUT2D eigenvalue weighted by atomic mass is 10.3. The predicted octanol–water partition coefficient (Wildman–Crippen LogP) is 1.80. The zero-order valence-corrected chi connectivity index (χ0v) is 12.4. The van der Waals surface area contributed by atoms with Gasteiger partial charge in [-0.15, -0.1) is 0 Å². The van der Waals surface area contributed by atoms with Crippen molar-refractivity contribution in [1.29, 1.82) is 0 Å². The molecule has 2 N–H and O–H groups in total. The number of imidazole rings is 1. The summed E-state index contributed by atoms with van der Waals surface area (Å²) in [5, 5.41) is 1.33. The highest BCUT2D eigenvalue weighted by Gasteiger charge is 2.09. The quantitative estimate of drug-likeness (QED) is 0.787. The van der Waals surface area contributed by atoms with Gasteiger partial charge in [0, 0.05) is 18.1 Å². The van der Waals surface area contributed by atoms with Crippen molar-refractivity contribution < 1.29 is 0 Å². The van der Waals surface area contributed by atoms with Crippen molar-refractivity contribution >= 4 is 17.7 Å². The molecule has 3 aromatic rings.